The molecule has 4 rings (SSSR count). The van der Waals surface area contributed by atoms with Crippen molar-refractivity contribution in [2.45, 2.75) is 20.3 Å². The normalized spacial score (nSPS) is 23.1. The van der Waals surface area contributed by atoms with E-state index in [0.717, 1.165) is 22.3 Å². The van der Waals surface area contributed by atoms with E-state index in [1.54, 1.807) is 0 Å². The summed E-state index contributed by atoms with van der Waals surface area (Å²) in [5.41, 5.74) is 4.50. The maximum absolute atomic E-state index is 13.2. The van der Waals surface area contributed by atoms with E-state index in [0.29, 0.717) is 0 Å². The Kier molecular flexibility index (Phi) is 4.74. The molecule has 0 radical (unpaired) electrons. The topological polar surface area (TPSA) is 57.5 Å². The van der Waals surface area contributed by atoms with Crippen LogP contribution in [0.5, 0.6) is 0 Å². The van der Waals surface area contributed by atoms with Crippen LogP contribution in [0.25, 0.3) is 12.2 Å². The van der Waals surface area contributed by atoms with Crippen molar-refractivity contribution in [2.75, 3.05) is 0 Å². The van der Waals surface area contributed by atoms with E-state index >= 15 is 0 Å². The molecule has 6 heteroatoms. The molecule has 2 aliphatic carbocycles. The summed E-state index contributed by atoms with van der Waals surface area (Å²) in [7, 11) is 0. The third kappa shape index (κ3) is 2.60. The molecular weight excluding hydrogens is 439 g/mol. The van der Waals surface area contributed by atoms with Crippen LogP contribution in [-0.2, 0) is 23.4 Å². The Hall–Kier alpha value is -0.830. The first-order chi connectivity index (χ1) is 12.4. The molecule has 0 aliphatic heterocycles. The van der Waals surface area contributed by atoms with Crippen LogP contribution in [0.4, 0.5) is 0 Å². The summed E-state index contributed by atoms with van der Waals surface area (Å²) in [6.07, 6.45) is 8.37. The fraction of sp³-hybridized carbons (Fsp3) is 0.200. The molecule has 26 heavy (non-hydrogen) atoms. The van der Waals surface area contributed by atoms with Crippen LogP contribution >= 0.6 is 4.89 Å². The standard InChI is InChI=1S/2C9H7.C2H7Si.HO3P.Zr/c2*1-2-5-9-7-3-6-8(9)4-1;1-3-2;1-4(2)3;/h2*1-7H;3H,1-2H3;(H-,1,2,3);/q;;;;-1/p+1. The van der Waals surface area contributed by atoms with Crippen molar-refractivity contribution in [1.29, 1.82) is 0 Å². The van der Waals surface area contributed by atoms with Crippen LogP contribution in [0.15, 0.2) is 60.7 Å². The minimum atomic E-state index is -4.20. The molecule has 0 fully saturated rings. The zero-order valence-electron chi connectivity index (χ0n) is 14.9. The second-order valence-electron chi connectivity index (χ2n) is 7.52. The summed E-state index contributed by atoms with van der Waals surface area (Å²) in [4.78, 5) is 17.5. The van der Waals surface area contributed by atoms with Crippen molar-refractivity contribution in [3.63, 3.8) is 0 Å². The van der Waals surface area contributed by atoms with Gasteiger partial charge in [0.15, 0.2) is 0 Å². The molecule has 2 N–H and O–H groups in total. The summed E-state index contributed by atoms with van der Waals surface area (Å²) in [6.45, 7) is 4.33. The summed E-state index contributed by atoms with van der Waals surface area (Å²) >= 11 is -4.10. The van der Waals surface area contributed by atoms with Crippen molar-refractivity contribution in [3.8, 4) is 0 Å². The molecule has 0 saturated heterocycles. The first-order valence-corrected chi connectivity index (χ1v) is 23.9. The molecule has 2 aromatic carbocycles. The molecule has 0 bridgehead atoms. The maximum atomic E-state index is 13.2. The van der Waals surface area contributed by atoms with Crippen LogP contribution in [0.3, 0.4) is 0 Å². The van der Waals surface area contributed by atoms with Gasteiger partial charge in [0.25, 0.3) is 0 Å². The fourth-order valence-corrected chi connectivity index (χ4v) is 53.4. The zero-order chi connectivity index (χ0) is 18.5. The van der Waals surface area contributed by atoms with Crippen molar-refractivity contribution >= 4 is 23.0 Å². The molecule has 0 aromatic heterocycles. The van der Waals surface area contributed by atoms with Crippen LogP contribution in [-0.4, -0.2) is 15.7 Å². The molecule has 134 valence electrons. The summed E-state index contributed by atoms with van der Waals surface area (Å²) in [6, 6.07) is 16.2. The number of rotatable bonds is 4. The predicted molar refractivity (Wildman–Crippen MR) is 107 cm³/mol. The molecular formula is C20H23O3PSiZr. The van der Waals surface area contributed by atoms with E-state index in [1.165, 1.54) is 0 Å². The van der Waals surface area contributed by atoms with Gasteiger partial charge in [0.05, 0.1) is 0 Å². The summed E-state index contributed by atoms with van der Waals surface area (Å²) < 4.78 is 13.1. The van der Waals surface area contributed by atoms with Gasteiger partial charge in [-0.1, -0.05) is 0 Å². The first-order valence-electron chi connectivity index (χ1n) is 8.97. The Labute approximate surface area is 158 Å². The van der Waals surface area contributed by atoms with Crippen LogP contribution < -0.4 is 0 Å². The van der Waals surface area contributed by atoms with Crippen molar-refractivity contribution < 1.29 is 33.2 Å². The number of hydrogen-bond acceptors (Lipinski definition) is 1. The SMILES string of the molecule is C[SiH](C)[Zr]([CH]1C=Cc2ccccc21)([CH]1C=Cc2ccccc21)[P](=O)(O)O. The van der Waals surface area contributed by atoms with Crippen LogP contribution in [0.2, 0.25) is 13.1 Å². The Morgan fingerprint density at radius 1 is 0.846 bits per heavy atom. The van der Waals surface area contributed by atoms with Gasteiger partial charge < -0.3 is 0 Å². The third-order valence-corrected chi connectivity index (χ3v) is 60.0. The summed E-state index contributed by atoms with van der Waals surface area (Å²) in [5.74, 6) is -1.63. The number of hydrogen-bond donors (Lipinski definition) is 2. The van der Waals surface area contributed by atoms with Gasteiger partial charge in [0.1, 0.15) is 0 Å². The quantitative estimate of drug-likeness (QED) is 0.510. The van der Waals surface area contributed by atoms with Crippen molar-refractivity contribution in [1.82, 2.24) is 0 Å². The molecule has 0 saturated carbocycles. The van der Waals surface area contributed by atoms with E-state index < -0.39 is 29.7 Å². The fourth-order valence-electron chi connectivity index (χ4n) is 4.92. The Morgan fingerprint density at radius 3 is 1.65 bits per heavy atom. The second-order valence-corrected chi connectivity index (χ2v) is 44.3. The second kappa shape index (κ2) is 6.65. The van der Waals surface area contributed by atoms with Crippen LogP contribution in [0, 0.1) is 0 Å². The van der Waals surface area contributed by atoms with E-state index in [2.05, 4.69) is 61.7 Å². The molecule has 0 heterocycles. The van der Waals surface area contributed by atoms with Crippen molar-refractivity contribution in [3.05, 3.63) is 82.9 Å². The molecule has 2 atom stereocenters. The third-order valence-electron chi connectivity index (χ3n) is 6.02. The van der Waals surface area contributed by atoms with Crippen molar-refractivity contribution in [2.24, 2.45) is 0 Å². The predicted octanol–water partition coefficient (Wildman–Crippen LogP) is 4.75. The Balaban J connectivity index is 1.98. The van der Waals surface area contributed by atoms with Gasteiger partial charge in [0.2, 0.25) is 0 Å². The van der Waals surface area contributed by atoms with E-state index in [9.17, 15) is 14.4 Å². The van der Waals surface area contributed by atoms with Gasteiger partial charge in [-0.25, -0.2) is 0 Å². The Bertz CT molecular complexity index is 902. The number of benzene rings is 2. The average Bonchev–Trinajstić information content (AvgIpc) is 3.20. The zero-order valence-corrected chi connectivity index (χ0v) is 19.4. The van der Waals surface area contributed by atoms with Gasteiger partial charge >= 0.3 is 159 Å². The Morgan fingerprint density at radius 2 is 1.27 bits per heavy atom. The molecule has 2 aliphatic rings. The molecule has 0 spiro atoms. The minimum absolute atomic E-state index is 0.0613. The molecule has 0 amide bonds. The first kappa shape index (κ1) is 18.5. The summed E-state index contributed by atoms with van der Waals surface area (Å²) in [5, 5.41) is 0. The monoisotopic (exact) mass is 460 g/mol. The number of allylic oxidation sites excluding steroid dienone is 2. The van der Waals surface area contributed by atoms with Gasteiger partial charge in [0, 0.05) is 0 Å². The van der Waals surface area contributed by atoms with Gasteiger partial charge in [-0.15, -0.1) is 0 Å². The molecule has 2 unspecified atom stereocenters. The molecule has 2 aromatic rings. The van der Waals surface area contributed by atoms with Crippen LogP contribution in [0.1, 0.15) is 29.5 Å². The number of fused-ring (bicyclic) bond motifs is 2. The van der Waals surface area contributed by atoms with E-state index in [1.807, 2.05) is 24.3 Å². The van der Waals surface area contributed by atoms with Gasteiger partial charge in [-0.2, -0.15) is 0 Å². The average molecular weight is 462 g/mol. The van der Waals surface area contributed by atoms with Gasteiger partial charge in [-0.3, -0.25) is 0 Å². The van der Waals surface area contributed by atoms with Gasteiger partial charge in [-0.05, 0) is 0 Å². The molecule has 3 nitrogen and oxygen atoms in total. The van der Waals surface area contributed by atoms with E-state index in [-0.39, 0.29) is 7.25 Å². The van der Waals surface area contributed by atoms with E-state index in [4.69, 9.17) is 0 Å².